The molecule has 3 aromatic rings. The van der Waals surface area contributed by atoms with E-state index in [9.17, 15) is 4.79 Å². The highest BCUT2D eigenvalue weighted by Crippen LogP contribution is 2.26. The van der Waals surface area contributed by atoms with E-state index in [2.05, 4.69) is 20.9 Å². The number of carbonyl (C=O) groups is 1. The Balaban J connectivity index is 1.63. The van der Waals surface area contributed by atoms with Crippen molar-refractivity contribution in [1.29, 1.82) is 0 Å². The van der Waals surface area contributed by atoms with Crippen LogP contribution in [0, 0.1) is 0 Å². The number of thiophene rings is 1. The van der Waals surface area contributed by atoms with Crippen molar-refractivity contribution in [1.82, 2.24) is 4.98 Å². The number of aromatic nitrogens is 1. The molecule has 0 aliphatic carbocycles. The average Bonchev–Trinajstić information content (AvgIpc) is 3.16. The van der Waals surface area contributed by atoms with Crippen molar-refractivity contribution < 1.29 is 13.9 Å². The molecule has 3 aromatic heterocycles. The van der Waals surface area contributed by atoms with E-state index in [1.54, 1.807) is 23.5 Å². The van der Waals surface area contributed by atoms with Crippen LogP contribution in [0.5, 0.6) is 0 Å². The fraction of sp³-hybridized carbons (Fsp3) is 0.0769. The summed E-state index contributed by atoms with van der Waals surface area (Å²) in [5, 5.41) is 6.86. The molecule has 0 aliphatic rings. The largest absolute Gasteiger partial charge is 0.453 e. The molecule has 0 fully saturated rings. The molecule has 0 radical (unpaired) electrons. The van der Waals surface area contributed by atoms with E-state index in [4.69, 9.17) is 9.15 Å². The van der Waals surface area contributed by atoms with Gasteiger partial charge in [-0.05, 0) is 39.5 Å². The molecule has 3 rings (SSSR count). The number of ether oxygens (including phenoxy) is 1. The van der Waals surface area contributed by atoms with Gasteiger partial charge in [0.2, 0.25) is 5.76 Å². The van der Waals surface area contributed by atoms with E-state index in [1.807, 2.05) is 22.2 Å². The number of thiazole rings is 1. The molecule has 102 valence electrons. The summed E-state index contributed by atoms with van der Waals surface area (Å²) < 4.78 is 10.8. The van der Waals surface area contributed by atoms with Crippen molar-refractivity contribution >= 4 is 44.6 Å². The summed E-state index contributed by atoms with van der Waals surface area (Å²) >= 11 is 6.30. The van der Waals surface area contributed by atoms with Gasteiger partial charge >= 0.3 is 5.97 Å². The van der Waals surface area contributed by atoms with Crippen LogP contribution in [0.4, 0.5) is 0 Å². The van der Waals surface area contributed by atoms with Gasteiger partial charge in [0, 0.05) is 16.3 Å². The van der Waals surface area contributed by atoms with Crippen LogP contribution >= 0.6 is 38.6 Å². The maximum Gasteiger partial charge on any atom is 0.374 e. The van der Waals surface area contributed by atoms with Crippen molar-refractivity contribution in [3.05, 3.63) is 50.5 Å². The molecule has 20 heavy (non-hydrogen) atoms. The fourth-order valence-corrected chi connectivity index (χ4v) is 3.35. The summed E-state index contributed by atoms with van der Waals surface area (Å²) in [5.41, 5.74) is 1.82. The molecular weight excluding hydrogens is 362 g/mol. The number of nitrogens with zero attached hydrogens (tertiary/aromatic N) is 1. The van der Waals surface area contributed by atoms with Crippen LogP contribution in [-0.2, 0) is 11.3 Å². The number of hydrogen-bond donors (Lipinski definition) is 0. The van der Waals surface area contributed by atoms with Gasteiger partial charge < -0.3 is 9.15 Å². The van der Waals surface area contributed by atoms with E-state index in [-0.39, 0.29) is 12.4 Å². The average molecular weight is 370 g/mol. The smallest absolute Gasteiger partial charge is 0.374 e. The standard InChI is InChI=1S/C13H8BrNO3S2/c14-11-2-1-10(18-11)13(16)17-5-9-7-20-12(15-9)8-3-4-19-6-8/h1-4,6-7H,5H2. The van der Waals surface area contributed by atoms with E-state index >= 15 is 0 Å². The Kier molecular flexibility index (Phi) is 4.00. The Labute approximate surface area is 131 Å². The zero-order chi connectivity index (χ0) is 13.9. The molecule has 0 unspecified atom stereocenters. The topological polar surface area (TPSA) is 52.3 Å². The first kappa shape index (κ1) is 13.5. The minimum Gasteiger partial charge on any atom is -0.453 e. The van der Waals surface area contributed by atoms with Crippen LogP contribution in [0.15, 0.2) is 43.4 Å². The molecule has 0 N–H and O–H groups in total. The van der Waals surface area contributed by atoms with Crippen LogP contribution in [-0.4, -0.2) is 11.0 Å². The maximum absolute atomic E-state index is 11.7. The molecule has 4 nitrogen and oxygen atoms in total. The van der Waals surface area contributed by atoms with Crippen LogP contribution in [0.1, 0.15) is 16.2 Å². The second kappa shape index (κ2) is 5.90. The molecule has 0 bridgehead atoms. The monoisotopic (exact) mass is 369 g/mol. The third kappa shape index (κ3) is 3.00. The van der Waals surface area contributed by atoms with Crippen LogP contribution < -0.4 is 0 Å². The molecular formula is C13H8BrNO3S2. The number of carbonyl (C=O) groups excluding carboxylic acids is 1. The highest BCUT2D eigenvalue weighted by molar-refractivity contribution is 9.10. The Bertz CT molecular complexity index is 718. The second-order valence-corrected chi connectivity index (χ2v) is 6.26. The number of furan rings is 1. The second-order valence-electron chi connectivity index (χ2n) is 3.84. The van der Waals surface area contributed by atoms with E-state index in [1.165, 1.54) is 11.3 Å². The van der Waals surface area contributed by atoms with Gasteiger partial charge in [0.1, 0.15) is 11.6 Å². The first-order valence-corrected chi connectivity index (χ1v) is 8.23. The van der Waals surface area contributed by atoms with Gasteiger partial charge in [0.05, 0.1) is 5.69 Å². The Morgan fingerprint density at radius 1 is 1.35 bits per heavy atom. The Hall–Kier alpha value is -1.44. The predicted octanol–water partition coefficient (Wildman–Crippen LogP) is 4.58. The molecule has 0 atom stereocenters. The molecule has 0 saturated carbocycles. The first-order valence-electron chi connectivity index (χ1n) is 5.62. The molecule has 3 heterocycles. The molecule has 0 aromatic carbocycles. The first-order chi connectivity index (χ1) is 9.72. The Morgan fingerprint density at radius 3 is 2.95 bits per heavy atom. The molecule has 0 saturated heterocycles. The molecule has 7 heteroatoms. The van der Waals surface area contributed by atoms with Gasteiger partial charge in [-0.15, -0.1) is 11.3 Å². The van der Waals surface area contributed by atoms with Crippen LogP contribution in [0.2, 0.25) is 0 Å². The lowest BCUT2D eigenvalue weighted by molar-refractivity contribution is 0.0430. The van der Waals surface area contributed by atoms with Gasteiger partial charge in [0.15, 0.2) is 4.67 Å². The lowest BCUT2D eigenvalue weighted by Crippen LogP contribution is -2.04. The van der Waals surface area contributed by atoms with E-state index in [0.29, 0.717) is 4.67 Å². The van der Waals surface area contributed by atoms with Crippen molar-refractivity contribution in [2.24, 2.45) is 0 Å². The summed E-state index contributed by atoms with van der Waals surface area (Å²) in [7, 11) is 0. The van der Waals surface area contributed by atoms with Crippen LogP contribution in [0.3, 0.4) is 0 Å². The number of rotatable bonds is 4. The van der Waals surface area contributed by atoms with E-state index in [0.717, 1.165) is 16.3 Å². The van der Waals surface area contributed by atoms with Gasteiger partial charge in [-0.3, -0.25) is 0 Å². The summed E-state index contributed by atoms with van der Waals surface area (Å²) in [6.45, 7) is 0.137. The number of esters is 1. The number of hydrogen-bond acceptors (Lipinski definition) is 6. The minimum absolute atomic E-state index is 0.137. The van der Waals surface area contributed by atoms with Gasteiger partial charge in [0.25, 0.3) is 0 Å². The third-order valence-corrected chi connectivity index (χ3v) is 4.50. The summed E-state index contributed by atoms with van der Waals surface area (Å²) in [6.07, 6.45) is 0. The fourth-order valence-electron chi connectivity index (χ4n) is 1.53. The zero-order valence-corrected chi connectivity index (χ0v) is 13.3. The SMILES string of the molecule is O=C(OCc1csc(-c2ccsc2)n1)c1ccc(Br)o1. The van der Waals surface area contributed by atoms with Crippen molar-refractivity contribution in [3.63, 3.8) is 0 Å². The zero-order valence-electron chi connectivity index (χ0n) is 10.0. The predicted molar refractivity (Wildman–Crippen MR) is 81.0 cm³/mol. The van der Waals surface area contributed by atoms with Gasteiger partial charge in [-0.25, -0.2) is 9.78 Å². The number of halogens is 1. The van der Waals surface area contributed by atoms with Crippen LogP contribution in [0.25, 0.3) is 10.6 Å². The van der Waals surface area contributed by atoms with Crippen molar-refractivity contribution in [2.75, 3.05) is 0 Å². The normalized spacial score (nSPS) is 10.7. The van der Waals surface area contributed by atoms with Crippen molar-refractivity contribution in [2.45, 2.75) is 6.61 Å². The summed E-state index contributed by atoms with van der Waals surface area (Å²) in [5.74, 6) is -0.328. The summed E-state index contributed by atoms with van der Waals surface area (Å²) in [6, 6.07) is 5.22. The lowest BCUT2D eigenvalue weighted by atomic mass is 10.4. The summed E-state index contributed by atoms with van der Waals surface area (Å²) in [4.78, 5) is 16.1. The highest BCUT2D eigenvalue weighted by Gasteiger charge is 2.13. The quantitative estimate of drug-likeness (QED) is 0.631. The van der Waals surface area contributed by atoms with Crippen molar-refractivity contribution in [3.8, 4) is 10.6 Å². The third-order valence-electron chi connectivity index (χ3n) is 2.45. The lowest BCUT2D eigenvalue weighted by Gasteiger charge is -1.99. The van der Waals surface area contributed by atoms with Gasteiger partial charge in [-0.2, -0.15) is 11.3 Å². The minimum atomic E-state index is -0.499. The maximum atomic E-state index is 11.7. The van der Waals surface area contributed by atoms with E-state index < -0.39 is 5.97 Å². The van der Waals surface area contributed by atoms with Gasteiger partial charge in [-0.1, -0.05) is 0 Å². The Morgan fingerprint density at radius 2 is 2.25 bits per heavy atom. The molecule has 0 aliphatic heterocycles. The molecule has 0 amide bonds. The molecule has 0 spiro atoms. The highest BCUT2D eigenvalue weighted by atomic mass is 79.9.